The van der Waals surface area contributed by atoms with Crippen LogP contribution in [-0.4, -0.2) is 42.6 Å². The Morgan fingerprint density at radius 3 is 2.09 bits per heavy atom. The maximum absolute atomic E-state index is 11.6. The van der Waals surface area contributed by atoms with E-state index in [1.165, 1.54) is 4.90 Å². The Morgan fingerprint density at radius 1 is 1.36 bits per heavy atom. The van der Waals surface area contributed by atoms with Gasteiger partial charge in [0.2, 0.25) is 0 Å². The largest absolute Gasteiger partial charge is 1.00 e. The van der Waals surface area contributed by atoms with Crippen molar-refractivity contribution in [1.82, 2.24) is 4.90 Å². The summed E-state index contributed by atoms with van der Waals surface area (Å²) in [7, 11) is 0. The first-order valence-electron chi connectivity index (χ1n) is 3.09. The van der Waals surface area contributed by atoms with Gasteiger partial charge in [-0.25, -0.2) is 0 Å². The third kappa shape index (κ3) is 4.87. The molecule has 0 amide bonds. The van der Waals surface area contributed by atoms with E-state index in [1.807, 2.05) is 0 Å². The van der Waals surface area contributed by atoms with Crippen LogP contribution in [0.4, 0.5) is 12.9 Å². The average molecular weight is 193 g/mol. The summed E-state index contributed by atoms with van der Waals surface area (Å²) in [6.45, 7) is -4.36. The van der Waals surface area contributed by atoms with Gasteiger partial charge in [-0.15, -0.1) is 0 Å². The van der Waals surface area contributed by atoms with Crippen LogP contribution in [0.5, 0.6) is 0 Å². The molecule has 0 aromatic carbocycles. The molecule has 0 aliphatic carbocycles. The predicted octanol–water partition coefficient (Wildman–Crippen LogP) is -2.95. The molecule has 1 heterocycles. The Hall–Kier alpha value is 1.41. The molecule has 0 spiro atoms. The van der Waals surface area contributed by atoms with E-state index >= 15 is 0 Å². The van der Waals surface area contributed by atoms with E-state index in [0.29, 0.717) is 0 Å². The van der Waals surface area contributed by atoms with Crippen LogP contribution in [0.3, 0.4) is 0 Å². The van der Waals surface area contributed by atoms with Gasteiger partial charge in [-0.3, -0.25) is 0 Å². The number of β-amino-alcohol motifs (C(OH)–C–C–N with tert-alkyl or cyclic N) is 1. The Kier molecular flexibility index (Phi) is 5.18. The Bertz CT molecular complexity index is 127. The van der Waals surface area contributed by atoms with Crippen LogP contribution >= 0.6 is 0 Å². The van der Waals surface area contributed by atoms with Crippen molar-refractivity contribution in [3.05, 3.63) is 0 Å². The first kappa shape index (κ1) is 12.4. The Balaban J connectivity index is 0.000001000. The number of aliphatic hydroxyl groups excluding tert-OH is 1. The van der Waals surface area contributed by atoms with Gasteiger partial charge in [0.05, 0.1) is 6.10 Å². The van der Waals surface area contributed by atoms with Crippen LogP contribution in [0.2, 0.25) is 0 Å². The molecular formula is C4H8BF3KNO. The van der Waals surface area contributed by atoms with Gasteiger partial charge >= 0.3 is 58.4 Å². The molecule has 0 bridgehead atoms. The zero-order chi connectivity index (χ0) is 7.78. The number of halogens is 3. The monoisotopic (exact) mass is 193 g/mol. The molecule has 7 heteroatoms. The first-order chi connectivity index (χ1) is 4.47. The van der Waals surface area contributed by atoms with Crippen molar-refractivity contribution in [2.75, 3.05) is 19.5 Å². The minimum Gasteiger partial charge on any atom is -0.448 e. The van der Waals surface area contributed by atoms with Crippen molar-refractivity contribution in [1.29, 1.82) is 0 Å². The Labute approximate surface area is 106 Å². The zero-order valence-corrected chi connectivity index (χ0v) is 9.43. The molecule has 0 saturated carbocycles. The van der Waals surface area contributed by atoms with Gasteiger partial charge in [0.15, 0.2) is 0 Å². The van der Waals surface area contributed by atoms with Crippen molar-refractivity contribution in [3.63, 3.8) is 0 Å². The molecule has 1 aliphatic rings. The molecule has 1 saturated heterocycles. The minimum absolute atomic E-state index is 0. The van der Waals surface area contributed by atoms with Crippen LogP contribution in [0, 0.1) is 0 Å². The number of hydrogen-bond acceptors (Lipinski definition) is 2. The molecule has 0 radical (unpaired) electrons. The van der Waals surface area contributed by atoms with Gasteiger partial charge < -0.3 is 23.0 Å². The molecule has 0 atom stereocenters. The maximum Gasteiger partial charge on any atom is 1.00 e. The summed E-state index contributed by atoms with van der Waals surface area (Å²) in [4.78, 5) is 1.19. The quantitative estimate of drug-likeness (QED) is 0.474. The fourth-order valence-corrected chi connectivity index (χ4v) is 0.984. The number of nitrogens with zero attached hydrogens (tertiary/aromatic N) is 1. The fraction of sp³-hybridized carbons (Fsp3) is 1.00. The van der Waals surface area contributed by atoms with E-state index in [1.54, 1.807) is 0 Å². The molecule has 1 fully saturated rings. The third-order valence-electron chi connectivity index (χ3n) is 1.40. The summed E-state index contributed by atoms with van der Waals surface area (Å²) < 4.78 is 34.8. The summed E-state index contributed by atoms with van der Waals surface area (Å²) in [5, 5.41) is 8.61. The molecule has 60 valence electrons. The number of hydrogen-bond donors (Lipinski definition) is 1. The molecule has 0 aromatic heterocycles. The van der Waals surface area contributed by atoms with Gasteiger partial charge in [-0.05, 0) is 6.44 Å². The number of rotatable bonds is 2. The Morgan fingerprint density at radius 2 is 1.82 bits per heavy atom. The second kappa shape index (κ2) is 4.59. The molecule has 0 aromatic rings. The van der Waals surface area contributed by atoms with Gasteiger partial charge in [-0.1, -0.05) is 0 Å². The first-order valence-corrected chi connectivity index (χ1v) is 3.09. The topological polar surface area (TPSA) is 23.5 Å². The summed E-state index contributed by atoms with van der Waals surface area (Å²) in [5.41, 5.74) is 0. The molecule has 1 N–H and O–H groups in total. The van der Waals surface area contributed by atoms with Crippen molar-refractivity contribution in [3.8, 4) is 0 Å². The van der Waals surface area contributed by atoms with Gasteiger partial charge in [0.25, 0.3) is 0 Å². The van der Waals surface area contributed by atoms with E-state index in [2.05, 4.69) is 0 Å². The van der Waals surface area contributed by atoms with Crippen LogP contribution in [0.15, 0.2) is 0 Å². The van der Waals surface area contributed by atoms with E-state index in [4.69, 9.17) is 5.11 Å². The second-order valence-corrected chi connectivity index (χ2v) is 2.58. The fourth-order valence-electron chi connectivity index (χ4n) is 0.984. The predicted molar refractivity (Wildman–Crippen MR) is 31.5 cm³/mol. The second-order valence-electron chi connectivity index (χ2n) is 2.58. The normalized spacial score (nSPS) is 20.7. The van der Waals surface area contributed by atoms with Gasteiger partial charge in [0, 0.05) is 13.1 Å². The minimum atomic E-state index is -4.70. The molecular weight excluding hydrogens is 185 g/mol. The van der Waals surface area contributed by atoms with Crippen LogP contribution in [0.1, 0.15) is 0 Å². The molecule has 2 nitrogen and oxygen atoms in total. The van der Waals surface area contributed by atoms with Crippen LogP contribution < -0.4 is 51.4 Å². The van der Waals surface area contributed by atoms with E-state index in [9.17, 15) is 12.9 Å². The number of likely N-dealkylation sites (tertiary alicyclic amines) is 1. The van der Waals surface area contributed by atoms with Gasteiger partial charge in [0.1, 0.15) is 0 Å². The molecule has 1 aliphatic heterocycles. The smallest absolute Gasteiger partial charge is 0.448 e. The standard InChI is InChI=1S/C4H8BF3NO.K/c6-5(7,8)3-9-1-4(10)2-9;/h4,10H,1-3H2;/q-1;+1. The van der Waals surface area contributed by atoms with Crippen molar-refractivity contribution < 1.29 is 69.4 Å². The van der Waals surface area contributed by atoms with Crippen molar-refractivity contribution in [2.45, 2.75) is 6.10 Å². The van der Waals surface area contributed by atoms with E-state index in [0.717, 1.165) is 0 Å². The van der Waals surface area contributed by atoms with Crippen LogP contribution in [-0.2, 0) is 0 Å². The summed E-state index contributed by atoms with van der Waals surface area (Å²) in [6, 6.07) is 0. The molecule has 0 unspecified atom stereocenters. The zero-order valence-electron chi connectivity index (χ0n) is 6.30. The summed E-state index contributed by atoms with van der Waals surface area (Å²) in [5.74, 6) is 0. The SMILES string of the molecule is OC1CN(C[B-](F)(F)F)C1.[K+]. The van der Waals surface area contributed by atoms with Crippen LogP contribution in [0.25, 0.3) is 0 Å². The number of aliphatic hydroxyl groups is 1. The maximum atomic E-state index is 11.6. The molecule has 1 rings (SSSR count). The van der Waals surface area contributed by atoms with Gasteiger partial charge in [-0.2, -0.15) is 0 Å². The molecule has 11 heavy (non-hydrogen) atoms. The van der Waals surface area contributed by atoms with E-state index in [-0.39, 0.29) is 64.5 Å². The van der Waals surface area contributed by atoms with Crippen molar-refractivity contribution in [2.24, 2.45) is 0 Å². The third-order valence-corrected chi connectivity index (χ3v) is 1.40. The summed E-state index contributed by atoms with van der Waals surface area (Å²) in [6.07, 6.45) is -1.38. The average Bonchev–Trinajstić information content (AvgIpc) is 1.57. The summed E-state index contributed by atoms with van der Waals surface area (Å²) >= 11 is 0. The van der Waals surface area contributed by atoms with Crippen molar-refractivity contribution >= 4 is 6.98 Å². The van der Waals surface area contributed by atoms with E-state index < -0.39 is 19.5 Å².